The van der Waals surface area contributed by atoms with Crippen molar-refractivity contribution in [1.29, 1.82) is 0 Å². The van der Waals surface area contributed by atoms with Gasteiger partial charge in [-0.1, -0.05) is 24.3 Å². The zero-order valence-corrected chi connectivity index (χ0v) is 22.7. The number of pyridine rings is 1. The lowest BCUT2D eigenvalue weighted by atomic mass is 10.1. The van der Waals surface area contributed by atoms with Crippen LogP contribution in [0.15, 0.2) is 54.6 Å². The lowest BCUT2D eigenvalue weighted by Gasteiger charge is -2.34. The number of benzene rings is 2. The van der Waals surface area contributed by atoms with E-state index in [-0.39, 0.29) is 22.8 Å². The van der Waals surface area contributed by atoms with E-state index in [4.69, 9.17) is 23.7 Å². The summed E-state index contributed by atoms with van der Waals surface area (Å²) in [6, 6.07) is 15.2. The number of esters is 3. The molecule has 1 heterocycles. The summed E-state index contributed by atoms with van der Waals surface area (Å²) in [5.74, 6) is -2.59. The zero-order chi connectivity index (χ0) is 29.4. The van der Waals surface area contributed by atoms with Gasteiger partial charge in [-0.15, -0.1) is 0 Å². The molecular formula is C29H31NO10. The molecule has 2 N–H and O–H groups in total. The van der Waals surface area contributed by atoms with E-state index in [9.17, 15) is 24.6 Å². The fourth-order valence-electron chi connectivity index (χ4n) is 3.98. The molecule has 0 radical (unpaired) electrons. The fraction of sp³-hybridized carbons (Fsp3) is 0.310. The number of methoxy groups -OCH3 is 1. The number of carbonyl (C=O) groups excluding carboxylic acids is 3. The molecule has 0 bridgehead atoms. The monoisotopic (exact) mass is 553 g/mol. The standard InChI is InChI=1S/C29H31NO10/c1-16(37-17(2)31)27(38-18(3)32)28(39-19(4)33)29(36-5)40-22-12-13-23(26(35)15-22)25(34)14-21-11-10-20-8-6-7-9-24(20)30-21/h6-16,27-29,34-35H,1-5H3/b25-14-/t16-,27+,28+,29-/m1/s1. The molecular weight excluding hydrogens is 522 g/mol. The van der Waals surface area contributed by atoms with Gasteiger partial charge < -0.3 is 33.9 Å². The van der Waals surface area contributed by atoms with E-state index in [0.29, 0.717) is 5.69 Å². The number of fused-ring (bicyclic) bond motifs is 1. The summed E-state index contributed by atoms with van der Waals surface area (Å²) >= 11 is 0. The second kappa shape index (κ2) is 13.4. The van der Waals surface area contributed by atoms with Gasteiger partial charge >= 0.3 is 17.9 Å². The van der Waals surface area contributed by atoms with E-state index < -0.39 is 42.5 Å². The minimum absolute atomic E-state index is 0.0728. The Balaban J connectivity index is 1.87. The number of phenols is 1. The highest BCUT2D eigenvalue weighted by Gasteiger charge is 2.41. The van der Waals surface area contributed by atoms with Crippen LogP contribution in [0.25, 0.3) is 22.7 Å². The van der Waals surface area contributed by atoms with E-state index in [2.05, 4.69) is 4.98 Å². The van der Waals surface area contributed by atoms with Crippen LogP contribution in [-0.2, 0) is 33.3 Å². The Labute approximate surface area is 230 Å². The molecule has 0 saturated heterocycles. The Morgan fingerprint density at radius 2 is 1.52 bits per heavy atom. The summed E-state index contributed by atoms with van der Waals surface area (Å²) < 4.78 is 27.0. The first-order chi connectivity index (χ1) is 19.0. The number of aromatic nitrogens is 1. The number of aliphatic hydroxyl groups is 1. The van der Waals surface area contributed by atoms with Gasteiger partial charge in [0.05, 0.1) is 16.8 Å². The maximum atomic E-state index is 11.9. The quantitative estimate of drug-likeness (QED) is 0.152. The smallest absolute Gasteiger partial charge is 0.303 e. The molecule has 0 aliphatic rings. The van der Waals surface area contributed by atoms with Gasteiger partial charge in [0.15, 0.2) is 6.10 Å². The Morgan fingerprint density at radius 1 is 0.875 bits per heavy atom. The van der Waals surface area contributed by atoms with E-state index in [1.807, 2.05) is 30.3 Å². The number of aliphatic hydroxyl groups excluding tert-OH is 1. The first-order valence-corrected chi connectivity index (χ1v) is 12.3. The van der Waals surface area contributed by atoms with Crippen LogP contribution in [0.3, 0.4) is 0 Å². The minimum Gasteiger partial charge on any atom is -0.507 e. The molecule has 3 aromatic rings. The summed E-state index contributed by atoms with van der Waals surface area (Å²) in [4.78, 5) is 39.7. The number of hydrogen-bond acceptors (Lipinski definition) is 11. The predicted octanol–water partition coefficient (Wildman–Crippen LogP) is 4.16. The topological polar surface area (TPSA) is 151 Å². The maximum Gasteiger partial charge on any atom is 0.303 e. The van der Waals surface area contributed by atoms with Gasteiger partial charge in [0, 0.05) is 45.4 Å². The molecule has 0 saturated carbocycles. The Hall–Kier alpha value is -4.64. The van der Waals surface area contributed by atoms with E-state index in [1.54, 1.807) is 6.07 Å². The number of ether oxygens (including phenoxy) is 5. The molecule has 11 nitrogen and oxygen atoms in total. The van der Waals surface area contributed by atoms with E-state index >= 15 is 0 Å². The average molecular weight is 554 g/mol. The maximum absolute atomic E-state index is 11.9. The van der Waals surface area contributed by atoms with Crippen LogP contribution >= 0.6 is 0 Å². The lowest BCUT2D eigenvalue weighted by molar-refractivity contribution is -0.215. The molecule has 0 unspecified atom stereocenters. The van der Waals surface area contributed by atoms with Crippen LogP contribution in [0.2, 0.25) is 0 Å². The van der Waals surface area contributed by atoms with Gasteiger partial charge in [0.25, 0.3) is 0 Å². The molecule has 0 amide bonds. The molecule has 11 heteroatoms. The van der Waals surface area contributed by atoms with Crippen LogP contribution < -0.4 is 4.74 Å². The van der Waals surface area contributed by atoms with Gasteiger partial charge in [0.1, 0.15) is 23.4 Å². The molecule has 40 heavy (non-hydrogen) atoms. The first kappa shape index (κ1) is 29.9. The first-order valence-electron chi connectivity index (χ1n) is 12.3. The fourth-order valence-corrected chi connectivity index (χ4v) is 3.98. The minimum atomic E-state index is -1.37. The highest BCUT2D eigenvalue weighted by molar-refractivity contribution is 5.83. The summed E-state index contributed by atoms with van der Waals surface area (Å²) in [6.45, 7) is 4.92. The number of aromatic hydroxyl groups is 1. The van der Waals surface area contributed by atoms with E-state index in [1.165, 1.54) is 45.2 Å². The van der Waals surface area contributed by atoms with Crippen molar-refractivity contribution in [2.45, 2.75) is 52.3 Å². The summed E-state index contributed by atoms with van der Waals surface area (Å²) in [7, 11) is 1.27. The molecule has 4 atom stereocenters. The van der Waals surface area contributed by atoms with Crippen molar-refractivity contribution in [2.75, 3.05) is 7.11 Å². The number of para-hydroxylation sites is 1. The molecule has 0 fully saturated rings. The van der Waals surface area contributed by atoms with Gasteiger partial charge in [-0.3, -0.25) is 14.4 Å². The highest BCUT2D eigenvalue weighted by atomic mass is 16.7. The van der Waals surface area contributed by atoms with Crippen LogP contribution in [0.1, 0.15) is 39.0 Å². The van der Waals surface area contributed by atoms with Crippen molar-refractivity contribution < 1.29 is 48.3 Å². The SMILES string of the molecule is CO[C@H](Oc1ccc(/C(O)=C/c2ccc3ccccc3n2)c(O)c1)[C@@H](OC(C)=O)[C@@H](OC(C)=O)[C@@H](C)OC(C)=O. The molecule has 1 aromatic heterocycles. The number of phenolic OH excluding ortho intramolecular Hbond substituents is 1. The van der Waals surface area contributed by atoms with Gasteiger partial charge in [-0.25, -0.2) is 4.98 Å². The third kappa shape index (κ3) is 7.93. The van der Waals surface area contributed by atoms with Crippen molar-refractivity contribution >= 4 is 40.6 Å². The van der Waals surface area contributed by atoms with Crippen molar-refractivity contribution in [3.05, 3.63) is 65.9 Å². The average Bonchev–Trinajstić information content (AvgIpc) is 2.88. The lowest BCUT2D eigenvalue weighted by Crippen LogP contribution is -2.51. The van der Waals surface area contributed by atoms with Crippen molar-refractivity contribution in [2.24, 2.45) is 0 Å². The molecule has 0 aliphatic carbocycles. The van der Waals surface area contributed by atoms with Gasteiger partial charge in [-0.2, -0.15) is 0 Å². The normalized spacial score (nSPS) is 14.5. The molecule has 3 rings (SSSR count). The van der Waals surface area contributed by atoms with Crippen molar-refractivity contribution in [1.82, 2.24) is 4.98 Å². The van der Waals surface area contributed by atoms with Gasteiger partial charge in [0.2, 0.25) is 12.4 Å². The van der Waals surface area contributed by atoms with Crippen molar-refractivity contribution in [3.8, 4) is 11.5 Å². The molecule has 0 spiro atoms. The second-order valence-electron chi connectivity index (χ2n) is 8.82. The largest absolute Gasteiger partial charge is 0.507 e. The molecule has 2 aromatic carbocycles. The third-order valence-corrected chi connectivity index (χ3v) is 5.64. The van der Waals surface area contributed by atoms with E-state index in [0.717, 1.165) is 24.8 Å². The summed E-state index contributed by atoms with van der Waals surface area (Å²) in [6.07, 6.45) is -3.63. The number of hydrogen-bond donors (Lipinski definition) is 2. The van der Waals surface area contributed by atoms with Crippen LogP contribution in [0.4, 0.5) is 0 Å². The number of carbonyl (C=O) groups is 3. The number of nitrogens with zero attached hydrogens (tertiary/aromatic N) is 1. The zero-order valence-electron chi connectivity index (χ0n) is 22.7. The predicted molar refractivity (Wildman–Crippen MR) is 144 cm³/mol. The number of rotatable bonds is 11. The van der Waals surface area contributed by atoms with Gasteiger partial charge in [-0.05, 0) is 31.2 Å². The van der Waals surface area contributed by atoms with Crippen LogP contribution in [0, 0.1) is 0 Å². The molecule has 212 valence electrons. The van der Waals surface area contributed by atoms with Crippen molar-refractivity contribution in [3.63, 3.8) is 0 Å². The summed E-state index contributed by atoms with van der Waals surface area (Å²) in [5, 5.41) is 22.3. The third-order valence-electron chi connectivity index (χ3n) is 5.64. The Morgan fingerprint density at radius 3 is 2.15 bits per heavy atom. The second-order valence-corrected chi connectivity index (χ2v) is 8.82. The highest BCUT2D eigenvalue weighted by Crippen LogP contribution is 2.31. The Bertz CT molecular complexity index is 1400. The van der Waals surface area contributed by atoms with Crippen LogP contribution in [-0.4, -0.2) is 64.8 Å². The summed E-state index contributed by atoms with van der Waals surface area (Å²) in [5.41, 5.74) is 1.34. The Kier molecular flexibility index (Phi) is 10.0. The van der Waals surface area contributed by atoms with Crippen LogP contribution in [0.5, 0.6) is 11.5 Å². The molecule has 0 aliphatic heterocycles.